The first-order valence-electron chi connectivity index (χ1n) is 7.10. The molecule has 1 saturated carbocycles. The number of rotatable bonds is 3. The van der Waals surface area contributed by atoms with Crippen LogP contribution >= 0.6 is 15.9 Å². The second-order valence-electron chi connectivity index (χ2n) is 5.45. The van der Waals surface area contributed by atoms with Crippen LogP contribution in [0.4, 0.5) is 5.69 Å². The Morgan fingerprint density at radius 2 is 1.79 bits per heavy atom. The molecule has 0 bridgehead atoms. The molecular formula is C15H20BrNO2. The second kappa shape index (κ2) is 5.61. The Balaban J connectivity index is 1.76. The Bertz CT molecular complexity index is 458. The van der Waals surface area contributed by atoms with Crippen molar-refractivity contribution in [2.45, 2.75) is 38.6 Å². The van der Waals surface area contributed by atoms with Gasteiger partial charge >= 0.3 is 0 Å². The number of nitrogens with one attached hydrogen (secondary N) is 1. The molecule has 19 heavy (non-hydrogen) atoms. The van der Waals surface area contributed by atoms with Crippen LogP contribution in [0.3, 0.4) is 0 Å². The Morgan fingerprint density at radius 3 is 2.47 bits per heavy atom. The van der Waals surface area contributed by atoms with Crippen molar-refractivity contribution in [3.63, 3.8) is 0 Å². The third kappa shape index (κ3) is 2.83. The van der Waals surface area contributed by atoms with Crippen LogP contribution in [0.2, 0.25) is 0 Å². The van der Waals surface area contributed by atoms with Gasteiger partial charge in [-0.1, -0.05) is 12.8 Å². The first-order chi connectivity index (χ1) is 9.24. The topological polar surface area (TPSA) is 30.5 Å². The number of hydrogen-bond donors (Lipinski definition) is 1. The molecule has 1 aromatic rings. The minimum absolute atomic E-state index is 0.501. The molecule has 104 valence electrons. The van der Waals surface area contributed by atoms with E-state index in [0.29, 0.717) is 19.3 Å². The molecule has 0 radical (unpaired) electrons. The summed E-state index contributed by atoms with van der Waals surface area (Å²) in [7, 11) is 0. The average Bonchev–Trinajstić information content (AvgIpc) is 2.93. The monoisotopic (exact) mass is 325 g/mol. The molecule has 2 aliphatic rings. The minimum atomic E-state index is 0.501. The molecule has 0 aromatic heterocycles. The lowest BCUT2D eigenvalue weighted by atomic mass is 9.99. The summed E-state index contributed by atoms with van der Waals surface area (Å²) < 4.78 is 12.3. The summed E-state index contributed by atoms with van der Waals surface area (Å²) in [5.74, 6) is 2.47. The van der Waals surface area contributed by atoms with Crippen LogP contribution in [0.25, 0.3) is 0 Å². The minimum Gasteiger partial charge on any atom is -0.486 e. The van der Waals surface area contributed by atoms with Crippen molar-refractivity contribution in [3.8, 4) is 11.5 Å². The van der Waals surface area contributed by atoms with Gasteiger partial charge in [-0.05, 0) is 41.6 Å². The van der Waals surface area contributed by atoms with Gasteiger partial charge in [-0.25, -0.2) is 0 Å². The zero-order valence-corrected chi connectivity index (χ0v) is 12.8. The van der Waals surface area contributed by atoms with Gasteiger partial charge in [0.1, 0.15) is 13.2 Å². The highest BCUT2D eigenvalue weighted by atomic mass is 79.9. The van der Waals surface area contributed by atoms with Crippen LogP contribution in [0.1, 0.15) is 32.6 Å². The third-order valence-corrected chi connectivity index (χ3v) is 4.78. The van der Waals surface area contributed by atoms with E-state index in [2.05, 4.69) is 28.2 Å². The fourth-order valence-electron chi connectivity index (χ4n) is 3.00. The van der Waals surface area contributed by atoms with E-state index >= 15 is 0 Å². The first-order valence-corrected chi connectivity index (χ1v) is 7.89. The van der Waals surface area contributed by atoms with Gasteiger partial charge < -0.3 is 14.8 Å². The lowest BCUT2D eigenvalue weighted by molar-refractivity contribution is 0.171. The van der Waals surface area contributed by atoms with Gasteiger partial charge in [0.05, 0.1) is 5.69 Å². The van der Waals surface area contributed by atoms with E-state index in [0.717, 1.165) is 27.6 Å². The Morgan fingerprint density at radius 1 is 1.16 bits per heavy atom. The standard InChI is InChI=1S/C15H20BrNO2/c1-10(11-4-2-3-5-11)17-13-9-15-14(8-12(13)16)18-6-7-19-15/h8-11,17H,2-7H2,1H3. The summed E-state index contributed by atoms with van der Waals surface area (Å²) >= 11 is 3.61. The van der Waals surface area contributed by atoms with Crippen molar-refractivity contribution >= 4 is 21.6 Å². The van der Waals surface area contributed by atoms with Crippen molar-refractivity contribution < 1.29 is 9.47 Å². The summed E-state index contributed by atoms with van der Waals surface area (Å²) in [4.78, 5) is 0. The van der Waals surface area contributed by atoms with Gasteiger partial charge in [0.25, 0.3) is 0 Å². The van der Waals surface area contributed by atoms with Gasteiger partial charge in [0, 0.05) is 22.6 Å². The van der Waals surface area contributed by atoms with Crippen LogP contribution in [0, 0.1) is 5.92 Å². The molecular weight excluding hydrogens is 306 g/mol. The zero-order chi connectivity index (χ0) is 13.2. The van der Waals surface area contributed by atoms with E-state index < -0.39 is 0 Å². The molecule has 1 atom stereocenters. The lowest BCUT2D eigenvalue weighted by Crippen LogP contribution is -2.24. The highest BCUT2D eigenvalue weighted by Gasteiger charge is 2.23. The lowest BCUT2D eigenvalue weighted by Gasteiger charge is -2.24. The number of anilines is 1. The molecule has 1 unspecified atom stereocenters. The van der Waals surface area contributed by atoms with Crippen molar-refractivity contribution in [2.75, 3.05) is 18.5 Å². The molecule has 3 nitrogen and oxygen atoms in total. The molecule has 1 heterocycles. The molecule has 1 fully saturated rings. The zero-order valence-electron chi connectivity index (χ0n) is 11.2. The third-order valence-electron chi connectivity index (χ3n) is 4.12. The van der Waals surface area contributed by atoms with E-state index in [-0.39, 0.29) is 0 Å². The highest BCUT2D eigenvalue weighted by Crippen LogP contribution is 2.39. The van der Waals surface area contributed by atoms with Gasteiger partial charge in [-0.15, -0.1) is 0 Å². The Hall–Kier alpha value is -0.900. The van der Waals surface area contributed by atoms with Gasteiger partial charge in [-0.2, -0.15) is 0 Å². The van der Waals surface area contributed by atoms with Crippen molar-refractivity contribution in [1.29, 1.82) is 0 Å². The maximum atomic E-state index is 5.64. The number of hydrogen-bond acceptors (Lipinski definition) is 3. The summed E-state index contributed by atoms with van der Waals surface area (Å²) in [6, 6.07) is 4.55. The van der Waals surface area contributed by atoms with Crippen molar-refractivity contribution in [1.82, 2.24) is 0 Å². The Kier molecular flexibility index (Phi) is 3.87. The van der Waals surface area contributed by atoms with E-state index in [9.17, 15) is 0 Å². The normalized spacial score (nSPS) is 20.3. The summed E-state index contributed by atoms with van der Waals surface area (Å²) in [5.41, 5.74) is 1.10. The number of ether oxygens (including phenoxy) is 2. The number of fused-ring (bicyclic) bond motifs is 1. The molecule has 0 spiro atoms. The van der Waals surface area contributed by atoms with Crippen molar-refractivity contribution in [3.05, 3.63) is 16.6 Å². The van der Waals surface area contributed by atoms with Gasteiger partial charge in [-0.3, -0.25) is 0 Å². The Labute approximate surface area is 122 Å². The summed E-state index contributed by atoms with van der Waals surface area (Å²) in [6.45, 7) is 3.54. The van der Waals surface area contributed by atoms with Crippen LogP contribution in [0.5, 0.6) is 11.5 Å². The first kappa shape index (κ1) is 13.1. The summed E-state index contributed by atoms with van der Waals surface area (Å²) in [6.07, 6.45) is 5.44. The predicted octanol–water partition coefficient (Wildman–Crippen LogP) is 4.21. The second-order valence-corrected chi connectivity index (χ2v) is 6.31. The molecule has 0 amide bonds. The maximum absolute atomic E-state index is 5.64. The number of halogens is 1. The van der Waals surface area contributed by atoms with E-state index in [4.69, 9.17) is 9.47 Å². The predicted molar refractivity (Wildman–Crippen MR) is 80.2 cm³/mol. The smallest absolute Gasteiger partial charge is 0.163 e. The van der Waals surface area contributed by atoms with Crippen LogP contribution < -0.4 is 14.8 Å². The quantitative estimate of drug-likeness (QED) is 0.902. The molecule has 1 aromatic carbocycles. The summed E-state index contributed by atoms with van der Waals surface area (Å²) in [5, 5.41) is 3.62. The van der Waals surface area contributed by atoms with Crippen LogP contribution in [0.15, 0.2) is 16.6 Å². The molecule has 4 heteroatoms. The molecule has 0 saturated heterocycles. The average molecular weight is 326 g/mol. The van der Waals surface area contributed by atoms with E-state index in [1.807, 2.05) is 12.1 Å². The van der Waals surface area contributed by atoms with Gasteiger partial charge in [0.2, 0.25) is 0 Å². The maximum Gasteiger partial charge on any atom is 0.163 e. The number of benzene rings is 1. The van der Waals surface area contributed by atoms with Crippen molar-refractivity contribution in [2.24, 2.45) is 5.92 Å². The SMILES string of the molecule is CC(Nc1cc2c(cc1Br)OCCO2)C1CCCC1. The molecule has 3 rings (SSSR count). The fourth-order valence-corrected chi connectivity index (χ4v) is 3.43. The van der Waals surface area contributed by atoms with E-state index in [1.165, 1.54) is 25.7 Å². The fraction of sp³-hybridized carbons (Fsp3) is 0.600. The molecule has 1 aliphatic carbocycles. The molecule has 1 N–H and O–H groups in total. The van der Waals surface area contributed by atoms with Crippen LogP contribution in [-0.4, -0.2) is 19.3 Å². The largest absolute Gasteiger partial charge is 0.486 e. The molecule has 1 aliphatic heterocycles. The highest BCUT2D eigenvalue weighted by molar-refractivity contribution is 9.10. The van der Waals surface area contributed by atoms with E-state index in [1.54, 1.807) is 0 Å². The van der Waals surface area contributed by atoms with Crippen LogP contribution in [-0.2, 0) is 0 Å². The van der Waals surface area contributed by atoms with Gasteiger partial charge in [0.15, 0.2) is 11.5 Å².